The Morgan fingerprint density at radius 1 is 1.08 bits per heavy atom. The van der Waals surface area contributed by atoms with Gasteiger partial charge in [0.1, 0.15) is 15.8 Å². The van der Waals surface area contributed by atoms with Crippen molar-refractivity contribution in [2.45, 2.75) is 6.54 Å². The van der Waals surface area contributed by atoms with Crippen molar-refractivity contribution >= 4 is 17.3 Å². The number of carboxylic acid groups (broad SMARTS) is 1. The van der Waals surface area contributed by atoms with Crippen LogP contribution in [0.1, 0.15) is 5.56 Å². The smallest absolute Gasteiger partial charge is 0.317 e. The maximum absolute atomic E-state index is 13.3. The van der Waals surface area contributed by atoms with Gasteiger partial charge in [-0.05, 0) is 17.7 Å². The lowest BCUT2D eigenvalue weighted by Gasteiger charge is -2.03. The van der Waals surface area contributed by atoms with Gasteiger partial charge in [0.25, 0.3) is 0 Å². The van der Waals surface area contributed by atoms with Gasteiger partial charge in [-0.3, -0.25) is 4.79 Å². The lowest BCUT2D eigenvalue weighted by Crippen LogP contribution is -2.21. The summed E-state index contributed by atoms with van der Waals surface area (Å²) < 4.78 is 13.3. The number of carboxylic acids is 1. The number of nitrogens with one attached hydrogen (secondary N) is 1. The monoisotopic (exact) mass is 343 g/mol. The first kappa shape index (κ1) is 16.2. The molecule has 0 fully saturated rings. The lowest BCUT2D eigenvalue weighted by atomic mass is 10.1. The molecule has 0 saturated heterocycles. The maximum atomic E-state index is 13.3. The van der Waals surface area contributed by atoms with E-state index in [1.165, 1.54) is 23.5 Å². The Morgan fingerprint density at radius 2 is 1.79 bits per heavy atom. The van der Waals surface area contributed by atoms with E-state index in [0.29, 0.717) is 17.1 Å². The fourth-order valence-corrected chi connectivity index (χ4v) is 3.00. The molecular weight excluding hydrogens is 329 g/mol. The van der Waals surface area contributed by atoms with Crippen molar-refractivity contribution in [1.82, 2.24) is 15.5 Å². The largest absolute Gasteiger partial charge is 0.480 e. The van der Waals surface area contributed by atoms with Crippen molar-refractivity contribution in [2.24, 2.45) is 0 Å². The van der Waals surface area contributed by atoms with Gasteiger partial charge in [-0.2, -0.15) is 0 Å². The molecule has 1 aromatic heterocycles. The predicted molar refractivity (Wildman–Crippen MR) is 90.1 cm³/mol. The van der Waals surface area contributed by atoms with E-state index in [1.54, 1.807) is 12.1 Å². The summed E-state index contributed by atoms with van der Waals surface area (Å²) in [6.07, 6.45) is 0. The molecule has 24 heavy (non-hydrogen) atoms. The van der Waals surface area contributed by atoms with E-state index >= 15 is 0 Å². The molecule has 5 nitrogen and oxygen atoms in total. The second-order valence-electron chi connectivity index (χ2n) is 5.12. The van der Waals surface area contributed by atoms with Crippen LogP contribution in [0.25, 0.3) is 21.1 Å². The molecule has 7 heteroatoms. The zero-order valence-corrected chi connectivity index (χ0v) is 13.4. The van der Waals surface area contributed by atoms with Gasteiger partial charge >= 0.3 is 5.97 Å². The van der Waals surface area contributed by atoms with E-state index in [-0.39, 0.29) is 12.4 Å². The SMILES string of the molecule is O=C(O)CNCc1ccc(-c2nnc(-c3cccc(F)c3)s2)cc1. The summed E-state index contributed by atoms with van der Waals surface area (Å²) in [4.78, 5) is 10.5. The Kier molecular flexibility index (Phi) is 4.93. The minimum atomic E-state index is -0.884. The van der Waals surface area contributed by atoms with Crippen LogP contribution in [0.2, 0.25) is 0 Å². The summed E-state index contributed by atoms with van der Waals surface area (Å²) in [7, 11) is 0. The van der Waals surface area contributed by atoms with Crippen LogP contribution >= 0.6 is 11.3 Å². The highest BCUT2D eigenvalue weighted by Gasteiger charge is 2.09. The minimum absolute atomic E-state index is 0.0743. The normalized spacial score (nSPS) is 10.7. The molecule has 0 aliphatic heterocycles. The van der Waals surface area contributed by atoms with Crippen molar-refractivity contribution in [3.63, 3.8) is 0 Å². The van der Waals surface area contributed by atoms with Gasteiger partial charge < -0.3 is 10.4 Å². The van der Waals surface area contributed by atoms with E-state index in [2.05, 4.69) is 15.5 Å². The molecule has 0 aliphatic carbocycles. The van der Waals surface area contributed by atoms with E-state index in [1.807, 2.05) is 24.3 Å². The van der Waals surface area contributed by atoms with Crippen LogP contribution in [0.4, 0.5) is 4.39 Å². The number of aliphatic carboxylic acids is 1. The van der Waals surface area contributed by atoms with Gasteiger partial charge in [-0.15, -0.1) is 10.2 Å². The van der Waals surface area contributed by atoms with E-state index in [0.717, 1.165) is 16.1 Å². The van der Waals surface area contributed by atoms with Gasteiger partial charge in [0.15, 0.2) is 0 Å². The van der Waals surface area contributed by atoms with Crippen molar-refractivity contribution in [3.05, 3.63) is 59.9 Å². The highest BCUT2D eigenvalue weighted by molar-refractivity contribution is 7.17. The second kappa shape index (κ2) is 7.29. The number of halogens is 1. The predicted octanol–water partition coefficient (Wildman–Crippen LogP) is 3.19. The Morgan fingerprint density at radius 3 is 2.46 bits per heavy atom. The van der Waals surface area contributed by atoms with Crippen molar-refractivity contribution in [1.29, 1.82) is 0 Å². The molecule has 2 N–H and O–H groups in total. The first-order valence-electron chi connectivity index (χ1n) is 7.23. The van der Waals surface area contributed by atoms with E-state index in [9.17, 15) is 9.18 Å². The summed E-state index contributed by atoms with van der Waals surface area (Å²) in [5.41, 5.74) is 2.60. The molecule has 0 bridgehead atoms. The summed E-state index contributed by atoms with van der Waals surface area (Å²) in [5, 5.41) is 21.1. The van der Waals surface area contributed by atoms with Crippen LogP contribution in [-0.4, -0.2) is 27.8 Å². The van der Waals surface area contributed by atoms with Crippen LogP contribution in [0.5, 0.6) is 0 Å². The first-order valence-corrected chi connectivity index (χ1v) is 8.05. The van der Waals surface area contributed by atoms with Gasteiger partial charge in [-0.25, -0.2) is 4.39 Å². The number of aromatic nitrogens is 2. The van der Waals surface area contributed by atoms with Gasteiger partial charge in [0, 0.05) is 17.7 Å². The molecule has 0 saturated carbocycles. The average Bonchev–Trinajstić information content (AvgIpc) is 3.05. The van der Waals surface area contributed by atoms with Gasteiger partial charge in [-0.1, -0.05) is 47.7 Å². The molecular formula is C17H14FN3O2S. The second-order valence-corrected chi connectivity index (χ2v) is 6.09. The molecule has 0 unspecified atom stereocenters. The minimum Gasteiger partial charge on any atom is -0.480 e. The van der Waals surface area contributed by atoms with E-state index in [4.69, 9.17) is 5.11 Å². The Balaban J connectivity index is 1.72. The number of carbonyl (C=O) groups is 1. The third-order valence-electron chi connectivity index (χ3n) is 3.30. The summed E-state index contributed by atoms with van der Waals surface area (Å²) in [6, 6.07) is 13.9. The maximum Gasteiger partial charge on any atom is 0.317 e. The summed E-state index contributed by atoms with van der Waals surface area (Å²) in [5.74, 6) is -1.19. The number of hydrogen-bond donors (Lipinski definition) is 2. The Hall–Kier alpha value is -2.64. The molecule has 0 spiro atoms. The fourth-order valence-electron chi connectivity index (χ4n) is 2.16. The molecule has 3 rings (SSSR count). The van der Waals surface area contributed by atoms with Crippen molar-refractivity contribution in [3.8, 4) is 21.1 Å². The molecule has 3 aromatic rings. The molecule has 2 aromatic carbocycles. The number of rotatable bonds is 6. The quantitative estimate of drug-likeness (QED) is 0.719. The summed E-state index contributed by atoms with van der Waals surface area (Å²) in [6.45, 7) is 0.409. The van der Waals surface area contributed by atoms with Crippen LogP contribution in [-0.2, 0) is 11.3 Å². The van der Waals surface area contributed by atoms with Crippen molar-refractivity contribution in [2.75, 3.05) is 6.54 Å². The standard InChI is InChI=1S/C17H14FN3O2S/c18-14-3-1-2-13(8-14)17-21-20-16(24-17)12-6-4-11(5-7-12)9-19-10-15(22)23/h1-8,19H,9-10H2,(H,22,23). The van der Waals surface area contributed by atoms with Gasteiger partial charge in [0.05, 0.1) is 6.54 Å². The zero-order valence-electron chi connectivity index (χ0n) is 12.6. The number of nitrogens with zero attached hydrogens (tertiary/aromatic N) is 2. The fraction of sp³-hybridized carbons (Fsp3) is 0.118. The molecule has 0 amide bonds. The summed E-state index contributed by atoms with van der Waals surface area (Å²) >= 11 is 1.39. The van der Waals surface area contributed by atoms with Crippen molar-refractivity contribution < 1.29 is 14.3 Å². The topological polar surface area (TPSA) is 75.1 Å². The van der Waals surface area contributed by atoms with Crippen LogP contribution in [0.15, 0.2) is 48.5 Å². The highest BCUT2D eigenvalue weighted by atomic mass is 32.1. The third kappa shape index (κ3) is 4.01. The number of benzene rings is 2. The Bertz CT molecular complexity index is 849. The molecule has 0 radical (unpaired) electrons. The lowest BCUT2D eigenvalue weighted by molar-refractivity contribution is -0.135. The molecule has 0 aliphatic rings. The number of hydrogen-bond acceptors (Lipinski definition) is 5. The zero-order chi connectivity index (χ0) is 16.9. The van der Waals surface area contributed by atoms with E-state index < -0.39 is 5.97 Å². The molecule has 1 heterocycles. The molecule has 0 atom stereocenters. The highest BCUT2D eigenvalue weighted by Crippen LogP contribution is 2.30. The first-order chi connectivity index (χ1) is 11.6. The Labute approximate surface area is 141 Å². The van der Waals surface area contributed by atoms with Gasteiger partial charge in [0.2, 0.25) is 0 Å². The molecule has 122 valence electrons. The third-order valence-corrected chi connectivity index (χ3v) is 4.32. The van der Waals surface area contributed by atoms with Crippen LogP contribution < -0.4 is 5.32 Å². The van der Waals surface area contributed by atoms with Crippen LogP contribution in [0, 0.1) is 5.82 Å². The average molecular weight is 343 g/mol. The van der Waals surface area contributed by atoms with Crippen LogP contribution in [0.3, 0.4) is 0 Å².